The molecule has 0 unspecified atom stereocenters. The van der Waals surface area contributed by atoms with E-state index in [9.17, 15) is 0 Å². The fourth-order valence-electron chi connectivity index (χ4n) is 2.18. The van der Waals surface area contributed by atoms with Crippen LogP contribution < -0.4 is 10.6 Å². The molecule has 1 aromatic carbocycles. The fraction of sp³-hybridized carbons (Fsp3) is 0.462. The zero-order chi connectivity index (χ0) is 13.0. The molecule has 0 aliphatic heterocycles. The van der Waals surface area contributed by atoms with E-state index < -0.39 is 0 Å². The van der Waals surface area contributed by atoms with E-state index >= 15 is 0 Å². The number of anilines is 1. The standard InChI is InChI=1S/C13H16BrClN2S/c14-11-7-6-9(15)8-12(11)17-13(18)16-10-4-2-1-3-5-10/h6-8,10H,1-5H2,(H2,16,17,18). The normalized spacial score (nSPS) is 16.3. The first-order valence-electron chi connectivity index (χ1n) is 6.18. The maximum atomic E-state index is 5.97. The topological polar surface area (TPSA) is 24.1 Å². The van der Waals surface area contributed by atoms with Gasteiger partial charge in [-0.1, -0.05) is 30.9 Å². The van der Waals surface area contributed by atoms with Gasteiger partial charge in [-0.15, -0.1) is 0 Å². The molecule has 0 bridgehead atoms. The molecule has 2 rings (SSSR count). The predicted octanol–water partition coefficient (Wildman–Crippen LogP) is 4.72. The highest BCUT2D eigenvalue weighted by Gasteiger charge is 2.14. The van der Waals surface area contributed by atoms with Crippen LogP contribution in [0.4, 0.5) is 5.69 Å². The summed E-state index contributed by atoms with van der Waals surface area (Å²) >= 11 is 14.8. The van der Waals surface area contributed by atoms with Crippen molar-refractivity contribution >= 4 is 50.5 Å². The van der Waals surface area contributed by atoms with Gasteiger partial charge in [-0.05, 0) is 59.2 Å². The Morgan fingerprint density at radius 2 is 2.00 bits per heavy atom. The summed E-state index contributed by atoms with van der Waals surface area (Å²) in [6.45, 7) is 0. The second-order valence-electron chi connectivity index (χ2n) is 4.56. The third-order valence-electron chi connectivity index (χ3n) is 3.12. The Bertz CT molecular complexity index is 433. The lowest BCUT2D eigenvalue weighted by atomic mass is 9.96. The van der Waals surface area contributed by atoms with Crippen molar-refractivity contribution in [2.75, 3.05) is 5.32 Å². The maximum Gasteiger partial charge on any atom is 0.171 e. The quantitative estimate of drug-likeness (QED) is 0.757. The summed E-state index contributed by atoms with van der Waals surface area (Å²) in [6.07, 6.45) is 6.34. The Kier molecular flexibility index (Phi) is 5.27. The zero-order valence-electron chi connectivity index (χ0n) is 10.0. The summed E-state index contributed by atoms with van der Waals surface area (Å²) in [4.78, 5) is 0. The lowest BCUT2D eigenvalue weighted by Gasteiger charge is -2.24. The lowest BCUT2D eigenvalue weighted by molar-refractivity contribution is 0.415. The number of thiocarbonyl (C=S) groups is 1. The molecular weight excluding hydrogens is 332 g/mol. The molecular formula is C13H16BrClN2S. The Morgan fingerprint density at radius 1 is 1.28 bits per heavy atom. The van der Waals surface area contributed by atoms with Crippen LogP contribution in [0.5, 0.6) is 0 Å². The summed E-state index contributed by atoms with van der Waals surface area (Å²) in [6, 6.07) is 6.12. The monoisotopic (exact) mass is 346 g/mol. The van der Waals surface area contributed by atoms with Crippen LogP contribution in [-0.2, 0) is 0 Å². The molecule has 1 aliphatic rings. The van der Waals surface area contributed by atoms with Crippen molar-refractivity contribution in [1.29, 1.82) is 0 Å². The average molecular weight is 348 g/mol. The van der Waals surface area contributed by atoms with Crippen molar-refractivity contribution in [3.8, 4) is 0 Å². The zero-order valence-corrected chi connectivity index (χ0v) is 13.2. The van der Waals surface area contributed by atoms with E-state index in [0.29, 0.717) is 16.2 Å². The van der Waals surface area contributed by atoms with E-state index in [4.69, 9.17) is 23.8 Å². The molecule has 0 spiro atoms. The molecule has 18 heavy (non-hydrogen) atoms. The predicted molar refractivity (Wildman–Crippen MR) is 85.4 cm³/mol. The molecule has 2 nitrogen and oxygen atoms in total. The largest absolute Gasteiger partial charge is 0.360 e. The third-order valence-corrected chi connectivity index (χ3v) is 4.26. The summed E-state index contributed by atoms with van der Waals surface area (Å²) < 4.78 is 0.958. The van der Waals surface area contributed by atoms with Crippen molar-refractivity contribution in [2.45, 2.75) is 38.1 Å². The minimum Gasteiger partial charge on any atom is -0.360 e. The highest BCUT2D eigenvalue weighted by Crippen LogP contribution is 2.26. The molecule has 1 aromatic rings. The van der Waals surface area contributed by atoms with Crippen LogP contribution in [0.3, 0.4) is 0 Å². The molecule has 98 valence electrons. The molecule has 1 aliphatic carbocycles. The van der Waals surface area contributed by atoms with Crippen LogP contribution >= 0.6 is 39.7 Å². The van der Waals surface area contributed by atoms with Crippen LogP contribution in [0.1, 0.15) is 32.1 Å². The van der Waals surface area contributed by atoms with E-state index in [1.165, 1.54) is 32.1 Å². The van der Waals surface area contributed by atoms with Crippen molar-refractivity contribution < 1.29 is 0 Å². The van der Waals surface area contributed by atoms with E-state index in [1.807, 2.05) is 18.2 Å². The van der Waals surface area contributed by atoms with Crippen LogP contribution in [0.15, 0.2) is 22.7 Å². The lowest BCUT2D eigenvalue weighted by Crippen LogP contribution is -2.38. The van der Waals surface area contributed by atoms with Gasteiger partial charge in [0, 0.05) is 15.5 Å². The molecule has 0 amide bonds. The summed E-state index contributed by atoms with van der Waals surface area (Å²) in [7, 11) is 0. The van der Waals surface area contributed by atoms with Crippen molar-refractivity contribution in [2.24, 2.45) is 0 Å². The molecule has 5 heteroatoms. The van der Waals surface area contributed by atoms with Crippen molar-refractivity contribution in [3.05, 3.63) is 27.7 Å². The number of hydrogen-bond acceptors (Lipinski definition) is 1. The van der Waals surface area contributed by atoms with Gasteiger partial charge in [0.25, 0.3) is 0 Å². The first-order chi connectivity index (χ1) is 8.65. The minimum atomic E-state index is 0.511. The second kappa shape index (κ2) is 6.73. The van der Waals surface area contributed by atoms with Gasteiger partial charge >= 0.3 is 0 Å². The summed E-state index contributed by atoms with van der Waals surface area (Å²) in [5, 5.41) is 7.92. The number of benzene rings is 1. The van der Waals surface area contributed by atoms with Gasteiger partial charge in [0.1, 0.15) is 0 Å². The van der Waals surface area contributed by atoms with Crippen LogP contribution in [0, 0.1) is 0 Å². The van der Waals surface area contributed by atoms with Gasteiger partial charge in [0.05, 0.1) is 5.69 Å². The molecule has 2 N–H and O–H groups in total. The van der Waals surface area contributed by atoms with Crippen LogP contribution in [-0.4, -0.2) is 11.2 Å². The summed E-state index contributed by atoms with van der Waals surface area (Å²) in [5.74, 6) is 0. The molecule has 0 radical (unpaired) electrons. The Hall–Kier alpha value is -0.320. The Labute approximate surface area is 127 Å². The van der Waals surface area contributed by atoms with Gasteiger partial charge in [0.2, 0.25) is 0 Å². The fourth-order valence-corrected chi connectivity index (χ4v) is 2.98. The van der Waals surface area contributed by atoms with Gasteiger partial charge in [-0.25, -0.2) is 0 Å². The summed E-state index contributed by atoms with van der Waals surface area (Å²) in [5.41, 5.74) is 0.899. The highest BCUT2D eigenvalue weighted by atomic mass is 79.9. The van der Waals surface area contributed by atoms with Crippen molar-refractivity contribution in [3.63, 3.8) is 0 Å². The number of rotatable bonds is 2. The molecule has 1 saturated carbocycles. The SMILES string of the molecule is S=C(Nc1cc(Cl)ccc1Br)NC1CCCCC1. The molecule has 0 saturated heterocycles. The van der Waals surface area contributed by atoms with E-state index in [1.54, 1.807) is 0 Å². The third kappa shape index (κ3) is 4.11. The van der Waals surface area contributed by atoms with Gasteiger partial charge in [-0.3, -0.25) is 0 Å². The Balaban J connectivity index is 1.92. The van der Waals surface area contributed by atoms with E-state index in [-0.39, 0.29) is 0 Å². The molecule has 0 heterocycles. The maximum absolute atomic E-state index is 5.97. The van der Waals surface area contributed by atoms with Crippen LogP contribution in [0.2, 0.25) is 5.02 Å². The molecule has 0 atom stereocenters. The van der Waals surface area contributed by atoms with E-state index in [0.717, 1.165) is 10.2 Å². The first-order valence-corrected chi connectivity index (χ1v) is 7.75. The van der Waals surface area contributed by atoms with Crippen LogP contribution in [0.25, 0.3) is 0 Å². The number of halogens is 2. The highest BCUT2D eigenvalue weighted by molar-refractivity contribution is 9.10. The number of hydrogen-bond donors (Lipinski definition) is 2. The first kappa shape index (κ1) is 14.1. The van der Waals surface area contributed by atoms with Gasteiger partial charge < -0.3 is 10.6 Å². The van der Waals surface area contributed by atoms with Gasteiger partial charge in [-0.2, -0.15) is 0 Å². The smallest absolute Gasteiger partial charge is 0.171 e. The second-order valence-corrected chi connectivity index (χ2v) is 6.26. The van der Waals surface area contributed by atoms with Crippen molar-refractivity contribution in [1.82, 2.24) is 5.32 Å². The Morgan fingerprint density at radius 3 is 2.72 bits per heavy atom. The average Bonchev–Trinajstić information content (AvgIpc) is 2.35. The molecule has 0 aromatic heterocycles. The minimum absolute atomic E-state index is 0.511. The molecule has 1 fully saturated rings. The number of nitrogens with one attached hydrogen (secondary N) is 2. The van der Waals surface area contributed by atoms with Gasteiger partial charge in [0.15, 0.2) is 5.11 Å². The van der Waals surface area contributed by atoms with E-state index in [2.05, 4.69) is 26.6 Å².